The first-order chi connectivity index (χ1) is 7.51. The summed E-state index contributed by atoms with van der Waals surface area (Å²) in [7, 11) is 0. The van der Waals surface area contributed by atoms with Crippen molar-refractivity contribution in [2.75, 3.05) is 17.6 Å². The first-order valence-corrected chi connectivity index (χ1v) is 8.03. The van der Waals surface area contributed by atoms with Crippen molar-refractivity contribution in [2.45, 2.75) is 22.6 Å². The van der Waals surface area contributed by atoms with Crippen LogP contribution in [-0.4, -0.2) is 33.8 Å². The minimum absolute atomic E-state index is 0.0926. The van der Waals surface area contributed by atoms with Crippen LogP contribution < -0.4 is 0 Å². The molecule has 2 aliphatic rings. The van der Waals surface area contributed by atoms with Crippen LogP contribution in [0.2, 0.25) is 0 Å². The second-order valence-corrected chi connectivity index (χ2v) is 7.06. The Balaban J connectivity index is 2.54. The van der Waals surface area contributed by atoms with Gasteiger partial charge in [-0.25, -0.2) is 0 Å². The molecule has 0 radical (unpaired) electrons. The van der Waals surface area contributed by atoms with E-state index in [9.17, 15) is 0 Å². The summed E-state index contributed by atoms with van der Waals surface area (Å²) >= 11 is 37.6. The first kappa shape index (κ1) is 14.2. The maximum atomic E-state index is 6.43. The van der Waals surface area contributed by atoms with Crippen molar-refractivity contribution in [2.24, 2.45) is 16.7 Å². The van der Waals surface area contributed by atoms with E-state index in [1.807, 2.05) is 0 Å². The molecule has 0 aliphatic heterocycles. The van der Waals surface area contributed by atoms with E-state index in [-0.39, 0.29) is 27.5 Å². The van der Waals surface area contributed by atoms with Gasteiger partial charge in [0.25, 0.3) is 0 Å². The van der Waals surface area contributed by atoms with E-state index in [1.54, 1.807) is 0 Å². The zero-order valence-electron chi connectivity index (χ0n) is 8.41. The minimum atomic E-state index is -0.446. The minimum Gasteiger partial charge on any atom is -0.126 e. The summed E-state index contributed by atoms with van der Waals surface area (Å²) in [5.74, 6) is 1.33. The maximum absolute atomic E-state index is 6.43. The monoisotopic (exact) mass is 342 g/mol. The van der Waals surface area contributed by atoms with Gasteiger partial charge in [-0.1, -0.05) is 0 Å². The molecule has 2 fully saturated rings. The highest BCUT2D eigenvalue weighted by Crippen LogP contribution is 2.71. The summed E-state index contributed by atoms with van der Waals surface area (Å²) < 4.78 is 0. The second-order valence-electron chi connectivity index (χ2n) is 4.75. The molecular formula is C10H12Cl6. The van der Waals surface area contributed by atoms with Crippen molar-refractivity contribution in [1.82, 2.24) is 0 Å². The predicted molar refractivity (Wildman–Crippen MR) is 74.1 cm³/mol. The molecule has 0 spiro atoms. The van der Waals surface area contributed by atoms with Crippen LogP contribution in [-0.2, 0) is 0 Å². The van der Waals surface area contributed by atoms with Crippen LogP contribution in [0, 0.1) is 16.7 Å². The Kier molecular flexibility index (Phi) is 4.15. The molecule has 2 rings (SSSR count). The summed E-state index contributed by atoms with van der Waals surface area (Å²) in [5.41, 5.74) is -0.776. The van der Waals surface area contributed by atoms with Gasteiger partial charge in [-0.3, -0.25) is 0 Å². The van der Waals surface area contributed by atoms with Crippen LogP contribution in [0.3, 0.4) is 0 Å². The standard InChI is InChI=1S/C10H12Cl6/c11-2-9(3-12)5-1-6(14)10(9,4-13)8(16)7(5)15/h5-8H,1-4H2/t5-,6+,7+,8-,10?/m0/s1. The van der Waals surface area contributed by atoms with Crippen LogP contribution in [0.15, 0.2) is 0 Å². The van der Waals surface area contributed by atoms with Gasteiger partial charge in [0.15, 0.2) is 0 Å². The first-order valence-electron chi connectivity index (χ1n) is 5.12. The lowest BCUT2D eigenvalue weighted by atomic mass is 9.70. The van der Waals surface area contributed by atoms with Crippen LogP contribution >= 0.6 is 69.6 Å². The lowest BCUT2D eigenvalue weighted by Crippen LogP contribution is -2.49. The molecule has 0 amide bonds. The fourth-order valence-electron chi connectivity index (χ4n) is 3.46. The van der Waals surface area contributed by atoms with Crippen molar-refractivity contribution in [1.29, 1.82) is 0 Å². The predicted octanol–water partition coefficient (Wildman–Crippen LogP) is 4.53. The molecule has 0 nitrogen and oxygen atoms in total. The van der Waals surface area contributed by atoms with Crippen molar-refractivity contribution in [3.63, 3.8) is 0 Å². The molecule has 5 atom stereocenters. The average molecular weight is 345 g/mol. The molecule has 0 heterocycles. The van der Waals surface area contributed by atoms with Crippen molar-refractivity contribution >= 4 is 69.6 Å². The number of alkyl halides is 6. The fourth-order valence-corrected chi connectivity index (χ4v) is 7.29. The second kappa shape index (κ2) is 4.69. The number of rotatable bonds is 3. The van der Waals surface area contributed by atoms with Crippen molar-refractivity contribution < 1.29 is 0 Å². The zero-order valence-corrected chi connectivity index (χ0v) is 12.9. The Hall–Kier alpha value is 1.74. The molecule has 16 heavy (non-hydrogen) atoms. The highest BCUT2D eigenvalue weighted by molar-refractivity contribution is 6.34. The normalized spacial score (nSPS) is 49.9. The lowest BCUT2D eigenvalue weighted by molar-refractivity contribution is 0.170. The number of halogens is 6. The molecule has 1 unspecified atom stereocenters. The number of fused-ring (bicyclic) bond motifs is 2. The molecule has 94 valence electrons. The van der Waals surface area contributed by atoms with E-state index in [0.717, 1.165) is 6.42 Å². The largest absolute Gasteiger partial charge is 0.126 e. The van der Waals surface area contributed by atoms with Gasteiger partial charge >= 0.3 is 0 Å². The Morgan fingerprint density at radius 3 is 1.88 bits per heavy atom. The van der Waals surface area contributed by atoms with Gasteiger partial charge in [0.05, 0.1) is 10.8 Å². The van der Waals surface area contributed by atoms with E-state index in [1.165, 1.54) is 0 Å². The summed E-state index contributed by atoms with van der Waals surface area (Å²) in [5, 5.41) is -0.497. The molecular weight excluding hydrogens is 333 g/mol. The van der Waals surface area contributed by atoms with Gasteiger partial charge in [-0.05, 0) is 12.3 Å². The molecule has 0 aromatic rings. The van der Waals surface area contributed by atoms with E-state index in [0.29, 0.717) is 17.6 Å². The maximum Gasteiger partial charge on any atom is 0.0590 e. The SMILES string of the molecule is ClCC1(CCl)[C@H]2C[C@@H](Cl)C1(CCl)[C@@H](Cl)[C@@H]2Cl. The quantitative estimate of drug-likeness (QED) is 0.660. The van der Waals surface area contributed by atoms with Gasteiger partial charge in [0.1, 0.15) is 0 Å². The van der Waals surface area contributed by atoms with Gasteiger partial charge in [-0.2, -0.15) is 0 Å². The molecule has 0 aromatic carbocycles. The average Bonchev–Trinajstić information content (AvgIpc) is 2.65. The molecule has 6 heteroatoms. The summed E-state index contributed by atoms with van der Waals surface area (Å²) in [6.07, 6.45) is 0.797. The van der Waals surface area contributed by atoms with Crippen LogP contribution in [0.4, 0.5) is 0 Å². The summed E-state index contributed by atoms with van der Waals surface area (Å²) in [4.78, 5) is 0. The third kappa shape index (κ3) is 1.38. The molecule has 2 aliphatic carbocycles. The smallest absolute Gasteiger partial charge is 0.0590 e. The van der Waals surface area contributed by atoms with E-state index in [4.69, 9.17) is 69.6 Å². The Labute approximate surface area is 126 Å². The van der Waals surface area contributed by atoms with E-state index >= 15 is 0 Å². The topological polar surface area (TPSA) is 0 Å². The van der Waals surface area contributed by atoms with Crippen LogP contribution in [0.1, 0.15) is 6.42 Å². The van der Waals surface area contributed by atoms with Gasteiger partial charge in [0, 0.05) is 33.8 Å². The molecule has 0 saturated heterocycles. The van der Waals surface area contributed by atoms with E-state index in [2.05, 4.69) is 0 Å². The Bertz CT molecular complexity index is 278. The Morgan fingerprint density at radius 2 is 1.50 bits per heavy atom. The molecule has 2 bridgehead atoms. The van der Waals surface area contributed by atoms with Gasteiger partial charge in [-0.15, -0.1) is 69.6 Å². The molecule has 0 N–H and O–H groups in total. The third-order valence-corrected chi connectivity index (χ3v) is 7.82. The lowest BCUT2D eigenvalue weighted by Gasteiger charge is -2.43. The van der Waals surface area contributed by atoms with E-state index < -0.39 is 5.41 Å². The van der Waals surface area contributed by atoms with Crippen LogP contribution in [0.5, 0.6) is 0 Å². The highest BCUT2D eigenvalue weighted by Gasteiger charge is 2.74. The fraction of sp³-hybridized carbons (Fsp3) is 1.00. The van der Waals surface area contributed by atoms with Crippen molar-refractivity contribution in [3.8, 4) is 0 Å². The number of hydrogen-bond donors (Lipinski definition) is 0. The Morgan fingerprint density at radius 1 is 0.938 bits per heavy atom. The third-order valence-electron chi connectivity index (χ3n) is 4.51. The molecule has 0 aromatic heterocycles. The zero-order chi connectivity index (χ0) is 12.1. The summed E-state index contributed by atoms with van der Waals surface area (Å²) in [6.45, 7) is 0. The van der Waals surface area contributed by atoms with Gasteiger partial charge < -0.3 is 0 Å². The van der Waals surface area contributed by atoms with Crippen LogP contribution in [0.25, 0.3) is 0 Å². The highest BCUT2D eigenvalue weighted by atomic mass is 35.5. The molecule has 2 saturated carbocycles. The van der Waals surface area contributed by atoms with Crippen molar-refractivity contribution in [3.05, 3.63) is 0 Å². The van der Waals surface area contributed by atoms with Gasteiger partial charge in [0.2, 0.25) is 0 Å². The number of hydrogen-bond acceptors (Lipinski definition) is 0. The summed E-state index contributed by atoms with van der Waals surface area (Å²) in [6, 6.07) is 0.